The highest BCUT2D eigenvalue weighted by Crippen LogP contribution is 2.36. The molecule has 0 N–H and O–H groups in total. The van der Waals surface area contributed by atoms with Gasteiger partial charge in [0.05, 0.1) is 0 Å². The van der Waals surface area contributed by atoms with Crippen LogP contribution in [0.2, 0.25) is 0 Å². The molecule has 0 radical (unpaired) electrons. The van der Waals surface area contributed by atoms with Crippen molar-refractivity contribution in [2.45, 2.75) is 12.6 Å². The molecule has 1 aromatic carbocycles. The molecule has 1 unspecified atom stereocenters. The van der Waals surface area contributed by atoms with E-state index in [1.54, 1.807) is 0 Å². The molecule has 15 heavy (non-hydrogen) atoms. The third kappa shape index (κ3) is 1.63. The largest absolute Gasteiger partial charge is 0.303 e. The Kier molecular flexibility index (Phi) is 2.34. The normalized spacial score (nSPS) is 26.4. The van der Waals surface area contributed by atoms with Crippen LogP contribution in [0, 0.1) is 0 Å². The molecule has 1 saturated heterocycles. The first-order valence-corrected chi connectivity index (χ1v) is 6.24. The molecule has 0 aliphatic carbocycles. The van der Waals surface area contributed by atoms with Gasteiger partial charge in [0, 0.05) is 36.7 Å². The molecule has 1 aromatic rings. The first kappa shape index (κ1) is 9.82. The minimum atomic E-state index is 0.631. The standard InChI is InChI=1S/C12H15BrN2/c1-14-4-5-15-7-9-6-10(13)2-3-11(9)12(15)8-14/h2-3,6,12H,4-5,7-8H2,1H3. The molecule has 2 aliphatic heterocycles. The van der Waals surface area contributed by atoms with Gasteiger partial charge in [0.1, 0.15) is 0 Å². The second-order valence-electron chi connectivity index (χ2n) is 4.59. The van der Waals surface area contributed by atoms with Gasteiger partial charge < -0.3 is 4.90 Å². The van der Waals surface area contributed by atoms with Crippen LogP contribution in [-0.4, -0.2) is 36.5 Å². The molecular weight excluding hydrogens is 252 g/mol. The van der Waals surface area contributed by atoms with Crippen molar-refractivity contribution in [3.8, 4) is 0 Å². The zero-order valence-electron chi connectivity index (χ0n) is 8.91. The summed E-state index contributed by atoms with van der Waals surface area (Å²) in [5.74, 6) is 0. The number of benzene rings is 1. The van der Waals surface area contributed by atoms with Gasteiger partial charge in [-0.3, -0.25) is 4.90 Å². The Hall–Kier alpha value is -0.380. The van der Waals surface area contributed by atoms with Crippen LogP contribution in [0.4, 0.5) is 0 Å². The fraction of sp³-hybridized carbons (Fsp3) is 0.500. The smallest absolute Gasteiger partial charge is 0.0482 e. The number of likely N-dealkylation sites (N-methyl/N-ethyl adjacent to an activating group) is 1. The van der Waals surface area contributed by atoms with Crippen molar-refractivity contribution in [3.05, 3.63) is 33.8 Å². The van der Waals surface area contributed by atoms with Crippen molar-refractivity contribution in [2.24, 2.45) is 0 Å². The van der Waals surface area contributed by atoms with E-state index in [1.165, 1.54) is 35.2 Å². The van der Waals surface area contributed by atoms with E-state index in [0.717, 1.165) is 6.54 Å². The van der Waals surface area contributed by atoms with Gasteiger partial charge >= 0.3 is 0 Å². The maximum atomic E-state index is 3.55. The van der Waals surface area contributed by atoms with E-state index in [4.69, 9.17) is 0 Å². The molecule has 3 heteroatoms. The summed E-state index contributed by atoms with van der Waals surface area (Å²) in [4.78, 5) is 5.02. The molecule has 1 fully saturated rings. The molecule has 0 aromatic heterocycles. The van der Waals surface area contributed by atoms with Crippen LogP contribution < -0.4 is 0 Å². The molecular formula is C12H15BrN2. The maximum absolute atomic E-state index is 3.55. The summed E-state index contributed by atoms with van der Waals surface area (Å²) in [5, 5.41) is 0. The Bertz CT molecular complexity index is 391. The lowest BCUT2D eigenvalue weighted by atomic mass is 10.0. The highest BCUT2D eigenvalue weighted by Gasteiger charge is 2.33. The Labute approximate surface area is 99.0 Å². The van der Waals surface area contributed by atoms with Crippen LogP contribution >= 0.6 is 15.9 Å². The van der Waals surface area contributed by atoms with Crippen LogP contribution in [0.1, 0.15) is 17.2 Å². The van der Waals surface area contributed by atoms with Crippen molar-refractivity contribution in [3.63, 3.8) is 0 Å². The summed E-state index contributed by atoms with van der Waals surface area (Å²) in [5.41, 5.74) is 3.04. The van der Waals surface area contributed by atoms with E-state index in [1.807, 2.05) is 0 Å². The fourth-order valence-electron chi connectivity index (χ4n) is 2.70. The number of piperazine rings is 1. The zero-order chi connectivity index (χ0) is 10.4. The fourth-order valence-corrected chi connectivity index (χ4v) is 3.10. The molecule has 2 heterocycles. The van der Waals surface area contributed by atoms with Gasteiger partial charge in [0.25, 0.3) is 0 Å². The summed E-state index contributed by atoms with van der Waals surface area (Å²) < 4.78 is 1.20. The molecule has 2 nitrogen and oxygen atoms in total. The lowest BCUT2D eigenvalue weighted by Crippen LogP contribution is -2.43. The topological polar surface area (TPSA) is 6.48 Å². The molecule has 0 bridgehead atoms. The number of hydrogen-bond acceptors (Lipinski definition) is 2. The summed E-state index contributed by atoms with van der Waals surface area (Å²) in [6, 6.07) is 7.35. The van der Waals surface area contributed by atoms with Crippen LogP contribution in [0.15, 0.2) is 22.7 Å². The molecule has 1 atom stereocenters. The highest BCUT2D eigenvalue weighted by atomic mass is 79.9. The second kappa shape index (κ2) is 3.58. The molecule has 2 aliphatic rings. The quantitative estimate of drug-likeness (QED) is 0.711. The van der Waals surface area contributed by atoms with Gasteiger partial charge in [-0.05, 0) is 30.3 Å². The van der Waals surface area contributed by atoms with E-state index in [0.29, 0.717) is 6.04 Å². The van der Waals surface area contributed by atoms with E-state index in [9.17, 15) is 0 Å². The molecule has 0 spiro atoms. The van der Waals surface area contributed by atoms with Gasteiger partial charge in [-0.25, -0.2) is 0 Å². The van der Waals surface area contributed by atoms with E-state index in [2.05, 4.69) is 51.0 Å². The lowest BCUT2D eigenvalue weighted by Gasteiger charge is -2.35. The Morgan fingerprint density at radius 2 is 2.20 bits per heavy atom. The Balaban J connectivity index is 1.97. The average molecular weight is 267 g/mol. The number of nitrogens with zero attached hydrogens (tertiary/aromatic N) is 2. The minimum Gasteiger partial charge on any atom is -0.303 e. The number of hydrogen-bond donors (Lipinski definition) is 0. The predicted molar refractivity (Wildman–Crippen MR) is 64.8 cm³/mol. The molecule has 0 saturated carbocycles. The van der Waals surface area contributed by atoms with E-state index < -0.39 is 0 Å². The summed E-state index contributed by atoms with van der Waals surface area (Å²) >= 11 is 3.55. The van der Waals surface area contributed by atoms with Crippen LogP contribution in [0.3, 0.4) is 0 Å². The zero-order valence-corrected chi connectivity index (χ0v) is 10.5. The third-order valence-electron chi connectivity index (χ3n) is 3.53. The van der Waals surface area contributed by atoms with Gasteiger partial charge in [-0.1, -0.05) is 22.0 Å². The Morgan fingerprint density at radius 1 is 1.33 bits per heavy atom. The van der Waals surface area contributed by atoms with Crippen molar-refractivity contribution in [1.82, 2.24) is 9.80 Å². The van der Waals surface area contributed by atoms with E-state index in [-0.39, 0.29) is 0 Å². The van der Waals surface area contributed by atoms with Crippen LogP contribution in [0.5, 0.6) is 0 Å². The number of halogens is 1. The summed E-state index contributed by atoms with van der Waals surface area (Å²) in [7, 11) is 2.22. The third-order valence-corrected chi connectivity index (χ3v) is 4.03. The average Bonchev–Trinajstić information content (AvgIpc) is 2.54. The number of rotatable bonds is 0. The lowest BCUT2D eigenvalue weighted by molar-refractivity contribution is 0.101. The van der Waals surface area contributed by atoms with E-state index >= 15 is 0 Å². The van der Waals surface area contributed by atoms with Crippen molar-refractivity contribution < 1.29 is 0 Å². The van der Waals surface area contributed by atoms with Gasteiger partial charge in [-0.15, -0.1) is 0 Å². The maximum Gasteiger partial charge on any atom is 0.0482 e. The molecule has 0 amide bonds. The van der Waals surface area contributed by atoms with Gasteiger partial charge in [0.15, 0.2) is 0 Å². The summed E-state index contributed by atoms with van der Waals surface area (Å²) in [6.07, 6.45) is 0. The monoisotopic (exact) mass is 266 g/mol. The van der Waals surface area contributed by atoms with Crippen LogP contribution in [0.25, 0.3) is 0 Å². The minimum absolute atomic E-state index is 0.631. The first-order valence-electron chi connectivity index (χ1n) is 5.45. The SMILES string of the molecule is CN1CCN2Cc3cc(Br)ccc3C2C1. The Morgan fingerprint density at radius 3 is 3.07 bits per heavy atom. The van der Waals surface area contributed by atoms with Gasteiger partial charge in [0.2, 0.25) is 0 Å². The molecule has 3 rings (SSSR count). The number of fused-ring (bicyclic) bond motifs is 3. The van der Waals surface area contributed by atoms with Crippen molar-refractivity contribution in [2.75, 3.05) is 26.7 Å². The van der Waals surface area contributed by atoms with Crippen molar-refractivity contribution in [1.29, 1.82) is 0 Å². The predicted octanol–water partition coefficient (Wildman–Crippen LogP) is 2.25. The van der Waals surface area contributed by atoms with Gasteiger partial charge in [-0.2, -0.15) is 0 Å². The van der Waals surface area contributed by atoms with Crippen molar-refractivity contribution >= 4 is 15.9 Å². The first-order chi connectivity index (χ1) is 7.24. The highest BCUT2D eigenvalue weighted by molar-refractivity contribution is 9.10. The second-order valence-corrected chi connectivity index (χ2v) is 5.51. The summed E-state index contributed by atoms with van der Waals surface area (Å²) in [6.45, 7) is 4.71. The van der Waals surface area contributed by atoms with Crippen LogP contribution in [-0.2, 0) is 6.54 Å². The molecule has 80 valence electrons.